The Balaban J connectivity index is 2.95. The second-order valence-electron chi connectivity index (χ2n) is 6.67. The molecule has 0 aromatic rings. The van der Waals surface area contributed by atoms with Crippen molar-refractivity contribution in [3.63, 3.8) is 0 Å². The van der Waals surface area contributed by atoms with E-state index >= 15 is 0 Å². The van der Waals surface area contributed by atoms with Crippen LogP contribution in [0, 0.1) is 0 Å². The molecule has 6 heteroatoms. The van der Waals surface area contributed by atoms with Crippen molar-refractivity contribution in [3.05, 3.63) is 0 Å². The molecule has 0 aliphatic rings. The Morgan fingerprint density at radius 1 is 0.444 bits per heavy atom. The minimum atomic E-state index is 0.607. The third kappa shape index (κ3) is 26.0. The predicted octanol–water partition coefficient (Wildman–Crippen LogP) is 4.66. The van der Waals surface area contributed by atoms with Gasteiger partial charge in [-0.3, -0.25) is 0 Å². The summed E-state index contributed by atoms with van der Waals surface area (Å²) in [6, 6.07) is 1.19. The molecule has 0 saturated carbocycles. The lowest BCUT2D eigenvalue weighted by Gasteiger charge is -2.08. The molecule has 0 rings (SSSR count). The molecule has 5 nitrogen and oxygen atoms in total. The summed E-state index contributed by atoms with van der Waals surface area (Å²) >= 11 is 0. The Kier molecular flexibility index (Phi) is 26.0. The van der Waals surface area contributed by atoms with Gasteiger partial charge in [-0.2, -0.15) is 0 Å². The van der Waals surface area contributed by atoms with Crippen LogP contribution in [0.1, 0.15) is 71.6 Å². The second kappa shape index (κ2) is 26.0. The lowest BCUT2D eigenvalue weighted by molar-refractivity contribution is -0.00481. The number of ether oxygens (including phenoxy) is 4. The minimum absolute atomic E-state index is 0.607. The van der Waals surface area contributed by atoms with Gasteiger partial charge in [0, 0.05) is 6.61 Å². The Morgan fingerprint density at radius 3 is 1.44 bits per heavy atom. The zero-order valence-electron chi connectivity index (χ0n) is 18.0. The minimum Gasteiger partial charge on any atom is -0.415 e. The fourth-order valence-corrected chi connectivity index (χ4v) is 3.20. The lowest BCUT2D eigenvalue weighted by Crippen LogP contribution is -2.13. The smallest absolute Gasteiger partial charge is 0.229 e. The number of hydrogen-bond acceptors (Lipinski definition) is 5. The molecule has 2 radical (unpaired) electrons. The number of unbranched alkanes of at least 4 members (excludes halogenated alkanes) is 7. The van der Waals surface area contributed by atoms with Gasteiger partial charge in [0.2, 0.25) is 9.76 Å². The average Bonchev–Trinajstić information content (AvgIpc) is 2.68. The zero-order valence-corrected chi connectivity index (χ0v) is 19.0. The first kappa shape index (κ1) is 27.0. The van der Waals surface area contributed by atoms with Gasteiger partial charge in [0.25, 0.3) is 0 Å². The molecule has 0 saturated heterocycles. The van der Waals surface area contributed by atoms with Gasteiger partial charge in [0.1, 0.15) is 0 Å². The van der Waals surface area contributed by atoms with Gasteiger partial charge in [-0.25, -0.2) is 0 Å². The zero-order chi connectivity index (χ0) is 19.7. The fraction of sp³-hybridized carbons (Fsp3) is 1.00. The molecule has 0 N–H and O–H groups in total. The summed E-state index contributed by atoms with van der Waals surface area (Å²) in [4.78, 5) is 0. The Bertz CT molecular complexity index is 233. The van der Waals surface area contributed by atoms with Crippen LogP contribution in [-0.2, 0) is 23.4 Å². The first-order valence-electron chi connectivity index (χ1n) is 11.1. The largest absolute Gasteiger partial charge is 0.415 e. The van der Waals surface area contributed by atoms with Gasteiger partial charge in [-0.15, -0.1) is 0 Å². The molecular formula is C21H44O5Si. The summed E-state index contributed by atoms with van der Waals surface area (Å²) in [6.07, 6.45) is 11.6. The average molecular weight is 405 g/mol. The lowest BCUT2D eigenvalue weighted by atomic mass is 10.2. The van der Waals surface area contributed by atoms with Crippen molar-refractivity contribution in [1.29, 1.82) is 0 Å². The van der Waals surface area contributed by atoms with Gasteiger partial charge in [-0.1, -0.05) is 65.2 Å². The Labute approximate surface area is 170 Å². The van der Waals surface area contributed by atoms with Crippen molar-refractivity contribution in [3.8, 4) is 0 Å². The highest BCUT2D eigenvalue weighted by Crippen LogP contribution is 2.02. The van der Waals surface area contributed by atoms with Crippen molar-refractivity contribution in [1.82, 2.24) is 0 Å². The third-order valence-electron chi connectivity index (χ3n) is 4.07. The normalized spacial score (nSPS) is 11.3. The quantitative estimate of drug-likeness (QED) is 0.173. The molecule has 0 aliphatic carbocycles. The highest BCUT2D eigenvalue weighted by atomic mass is 28.2. The van der Waals surface area contributed by atoms with E-state index in [4.69, 9.17) is 23.4 Å². The summed E-state index contributed by atoms with van der Waals surface area (Å²) in [5, 5.41) is 0. The van der Waals surface area contributed by atoms with Gasteiger partial charge >= 0.3 is 0 Å². The van der Waals surface area contributed by atoms with Crippen molar-refractivity contribution in [2.24, 2.45) is 0 Å². The van der Waals surface area contributed by atoms with E-state index in [0.717, 1.165) is 13.0 Å². The number of hydrogen-bond donors (Lipinski definition) is 0. The van der Waals surface area contributed by atoms with Crippen LogP contribution in [0.25, 0.3) is 0 Å². The topological polar surface area (TPSA) is 46.2 Å². The summed E-state index contributed by atoms with van der Waals surface area (Å²) in [6.45, 7) is 10.4. The second-order valence-corrected chi connectivity index (χ2v) is 7.74. The SMILES string of the molecule is CCCCCCCOCCOCCOCCOCCO[Si]CCCCCC. The van der Waals surface area contributed by atoms with Gasteiger partial charge in [0.15, 0.2) is 0 Å². The molecule has 0 unspecified atom stereocenters. The summed E-state index contributed by atoms with van der Waals surface area (Å²) in [7, 11) is 0.616. The van der Waals surface area contributed by atoms with Crippen LogP contribution < -0.4 is 0 Å². The standard InChI is InChI=1S/C21H44O5Si/c1-3-5-7-9-10-12-22-13-14-23-15-16-24-17-18-25-19-20-26-27-21-11-8-6-4-2/h3-21H2,1-2H3. The van der Waals surface area contributed by atoms with E-state index in [1.165, 1.54) is 57.4 Å². The van der Waals surface area contributed by atoms with Crippen molar-refractivity contribution < 1.29 is 23.4 Å². The summed E-state index contributed by atoms with van der Waals surface area (Å²) in [5.41, 5.74) is 0. The van der Waals surface area contributed by atoms with Crippen LogP contribution in [0.3, 0.4) is 0 Å². The monoisotopic (exact) mass is 404 g/mol. The van der Waals surface area contributed by atoms with Crippen LogP contribution >= 0.6 is 0 Å². The molecule has 0 amide bonds. The van der Waals surface area contributed by atoms with Gasteiger partial charge < -0.3 is 23.4 Å². The predicted molar refractivity (Wildman–Crippen MR) is 113 cm³/mol. The Morgan fingerprint density at radius 2 is 0.889 bits per heavy atom. The number of rotatable bonds is 24. The molecule has 0 heterocycles. The summed E-state index contributed by atoms with van der Waals surface area (Å²) in [5.74, 6) is 0. The van der Waals surface area contributed by atoms with Crippen LogP contribution in [-0.4, -0.2) is 69.2 Å². The van der Waals surface area contributed by atoms with E-state index in [1.54, 1.807) is 0 Å². The third-order valence-corrected chi connectivity index (χ3v) is 5.04. The molecule has 0 aliphatic heterocycles. The maximum absolute atomic E-state index is 5.57. The van der Waals surface area contributed by atoms with Crippen LogP contribution in [0.2, 0.25) is 6.04 Å². The van der Waals surface area contributed by atoms with E-state index in [1.807, 2.05) is 0 Å². The van der Waals surface area contributed by atoms with Crippen molar-refractivity contribution >= 4 is 9.76 Å². The first-order valence-corrected chi connectivity index (χ1v) is 12.2. The molecule has 27 heavy (non-hydrogen) atoms. The molecule has 0 spiro atoms. The highest BCUT2D eigenvalue weighted by Gasteiger charge is 1.95. The van der Waals surface area contributed by atoms with Crippen LogP contribution in [0.15, 0.2) is 0 Å². The Hall–Kier alpha value is 0.0169. The molecule has 0 aromatic carbocycles. The van der Waals surface area contributed by atoms with Gasteiger partial charge in [-0.05, 0) is 12.5 Å². The van der Waals surface area contributed by atoms with Crippen molar-refractivity contribution in [2.45, 2.75) is 77.7 Å². The molecule has 0 aromatic heterocycles. The molecule has 0 bridgehead atoms. The molecular weight excluding hydrogens is 360 g/mol. The van der Waals surface area contributed by atoms with Gasteiger partial charge in [0.05, 0.1) is 52.9 Å². The molecule has 162 valence electrons. The van der Waals surface area contributed by atoms with E-state index in [-0.39, 0.29) is 0 Å². The maximum atomic E-state index is 5.57. The van der Waals surface area contributed by atoms with Crippen LogP contribution in [0.5, 0.6) is 0 Å². The van der Waals surface area contributed by atoms with E-state index < -0.39 is 0 Å². The molecule has 0 fully saturated rings. The first-order chi connectivity index (χ1) is 13.4. The maximum Gasteiger partial charge on any atom is 0.229 e. The van der Waals surface area contributed by atoms with Crippen LogP contribution in [0.4, 0.5) is 0 Å². The summed E-state index contributed by atoms with van der Waals surface area (Å²) < 4.78 is 27.5. The van der Waals surface area contributed by atoms with E-state index in [9.17, 15) is 0 Å². The van der Waals surface area contributed by atoms with Crippen molar-refractivity contribution in [2.75, 3.05) is 59.5 Å². The highest BCUT2D eigenvalue weighted by molar-refractivity contribution is 6.26. The van der Waals surface area contributed by atoms with E-state index in [2.05, 4.69) is 13.8 Å². The fourth-order valence-electron chi connectivity index (χ4n) is 2.44. The molecule has 0 atom stereocenters. The van der Waals surface area contributed by atoms with E-state index in [0.29, 0.717) is 62.6 Å².